The fraction of sp³-hybridized carbons (Fsp3) is 0.214. The van der Waals surface area contributed by atoms with Crippen LogP contribution in [-0.2, 0) is 0 Å². The number of anilines is 1. The lowest BCUT2D eigenvalue weighted by atomic mass is 9.96. The molecule has 0 radical (unpaired) electrons. The highest BCUT2D eigenvalue weighted by molar-refractivity contribution is 7.80. The van der Waals surface area contributed by atoms with E-state index in [2.05, 4.69) is 71.7 Å². The Morgan fingerprint density at radius 3 is 2.29 bits per heavy atom. The van der Waals surface area contributed by atoms with Gasteiger partial charge in [0.2, 0.25) is 0 Å². The SMILES string of the molecule is Cc1cc(C)cc(N2C(=S)NC(c3ccccn3)C2c2cc(C)n(-c3ccccc3O)c2C)c1. The van der Waals surface area contributed by atoms with Crippen molar-refractivity contribution in [3.63, 3.8) is 0 Å². The molecule has 172 valence electrons. The van der Waals surface area contributed by atoms with Crippen molar-refractivity contribution in [3.05, 3.63) is 107 Å². The largest absolute Gasteiger partial charge is 0.506 e. The molecule has 0 bridgehead atoms. The van der Waals surface area contributed by atoms with Crippen molar-refractivity contribution >= 4 is 23.0 Å². The van der Waals surface area contributed by atoms with Gasteiger partial charge in [-0.25, -0.2) is 0 Å². The lowest BCUT2D eigenvalue weighted by Gasteiger charge is -2.29. The zero-order valence-corrected chi connectivity index (χ0v) is 20.6. The van der Waals surface area contributed by atoms with Crippen molar-refractivity contribution in [2.75, 3.05) is 4.90 Å². The summed E-state index contributed by atoms with van der Waals surface area (Å²) in [5, 5.41) is 14.8. The molecule has 34 heavy (non-hydrogen) atoms. The number of nitrogens with zero attached hydrogens (tertiary/aromatic N) is 3. The van der Waals surface area contributed by atoms with E-state index in [1.165, 1.54) is 11.1 Å². The van der Waals surface area contributed by atoms with E-state index < -0.39 is 0 Å². The third-order valence-corrected chi connectivity index (χ3v) is 6.81. The number of phenols is 1. The Kier molecular flexibility index (Phi) is 5.62. The van der Waals surface area contributed by atoms with Gasteiger partial charge >= 0.3 is 0 Å². The fourth-order valence-corrected chi connectivity index (χ4v) is 5.50. The third-order valence-electron chi connectivity index (χ3n) is 6.49. The predicted molar refractivity (Wildman–Crippen MR) is 141 cm³/mol. The summed E-state index contributed by atoms with van der Waals surface area (Å²) in [5.74, 6) is 0.253. The minimum Gasteiger partial charge on any atom is -0.506 e. The lowest BCUT2D eigenvalue weighted by molar-refractivity contribution is 0.471. The first kappa shape index (κ1) is 22.2. The number of aryl methyl sites for hydroxylation is 3. The Hall–Kier alpha value is -3.64. The second-order valence-corrected chi connectivity index (χ2v) is 9.38. The summed E-state index contributed by atoms with van der Waals surface area (Å²) in [6.07, 6.45) is 1.82. The van der Waals surface area contributed by atoms with Crippen LogP contribution in [0.5, 0.6) is 5.75 Å². The minimum atomic E-state index is -0.118. The number of nitrogens with one attached hydrogen (secondary N) is 1. The smallest absolute Gasteiger partial charge is 0.174 e. The number of thiocarbonyl (C=S) groups is 1. The van der Waals surface area contributed by atoms with E-state index >= 15 is 0 Å². The summed E-state index contributed by atoms with van der Waals surface area (Å²) in [6, 6.07) is 21.9. The molecular formula is C28H28N4OS. The molecule has 2 aromatic carbocycles. The monoisotopic (exact) mass is 468 g/mol. The molecule has 2 unspecified atom stereocenters. The number of rotatable bonds is 4. The van der Waals surface area contributed by atoms with Crippen molar-refractivity contribution < 1.29 is 5.11 Å². The molecule has 2 N–H and O–H groups in total. The zero-order chi connectivity index (χ0) is 24.0. The minimum absolute atomic E-state index is 0.102. The highest BCUT2D eigenvalue weighted by Crippen LogP contribution is 2.44. The van der Waals surface area contributed by atoms with Crippen LogP contribution < -0.4 is 10.2 Å². The molecule has 0 aliphatic carbocycles. The molecule has 5 nitrogen and oxygen atoms in total. The van der Waals surface area contributed by atoms with E-state index in [1.54, 1.807) is 6.07 Å². The van der Waals surface area contributed by atoms with Crippen LogP contribution in [0.2, 0.25) is 0 Å². The summed E-state index contributed by atoms with van der Waals surface area (Å²) < 4.78 is 2.11. The number of aromatic nitrogens is 2. The number of phenolic OH excluding ortho intramolecular Hbond substituents is 1. The van der Waals surface area contributed by atoms with Gasteiger partial charge in [0, 0.05) is 23.3 Å². The molecule has 1 saturated heterocycles. The van der Waals surface area contributed by atoms with E-state index in [-0.39, 0.29) is 17.8 Å². The maximum atomic E-state index is 10.6. The third kappa shape index (κ3) is 3.74. The van der Waals surface area contributed by atoms with Gasteiger partial charge in [-0.05, 0) is 99.1 Å². The number of hydrogen-bond donors (Lipinski definition) is 2. The number of hydrogen-bond acceptors (Lipinski definition) is 3. The molecular weight excluding hydrogens is 440 g/mol. The summed E-state index contributed by atoms with van der Waals surface area (Å²) in [4.78, 5) is 6.88. The van der Waals surface area contributed by atoms with Gasteiger partial charge in [-0.3, -0.25) is 4.98 Å². The molecule has 1 fully saturated rings. The van der Waals surface area contributed by atoms with Crippen LogP contribution in [-0.4, -0.2) is 19.8 Å². The van der Waals surface area contributed by atoms with E-state index in [9.17, 15) is 5.11 Å². The second kappa shape index (κ2) is 8.61. The lowest BCUT2D eigenvalue weighted by Crippen LogP contribution is -2.29. The number of para-hydroxylation sites is 2. The Balaban J connectivity index is 1.71. The Morgan fingerprint density at radius 1 is 0.912 bits per heavy atom. The van der Waals surface area contributed by atoms with Crippen LogP contribution in [0.25, 0.3) is 5.69 Å². The van der Waals surface area contributed by atoms with E-state index in [0.717, 1.165) is 34.0 Å². The molecule has 2 aromatic heterocycles. The summed E-state index contributed by atoms with van der Waals surface area (Å²) in [7, 11) is 0. The van der Waals surface area contributed by atoms with Gasteiger partial charge in [-0.2, -0.15) is 0 Å². The first-order valence-corrected chi connectivity index (χ1v) is 11.8. The second-order valence-electron chi connectivity index (χ2n) is 8.99. The van der Waals surface area contributed by atoms with Crippen LogP contribution in [0.3, 0.4) is 0 Å². The van der Waals surface area contributed by atoms with Crippen LogP contribution in [0.4, 0.5) is 5.69 Å². The van der Waals surface area contributed by atoms with Gasteiger partial charge in [0.15, 0.2) is 5.11 Å². The van der Waals surface area contributed by atoms with Crippen molar-refractivity contribution in [2.45, 2.75) is 39.8 Å². The van der Waals surface area contributed by atoms with Crippen LogP contribution in [0, 0.1) is 27.7 Å². The Bertz CT molecular complexity index is 1360. The van der Waals surface area contributed by atoms with E-state index in [1.807, 2.05) is 42.6 Å². The normalized spacial score (nSPS) is 17.8. The van der Waals surface area contributed by atoms with E-state index in [4.69, 9.17) is 12.2 Å². The highest BCUT2D eigenvalue weighted by Gasteiger charge is 2.42. The van der Waals surface area contributed by atoms with Gasteiger partial charge in [-0.15, -0.1) is 0 Å². The number of benzene rings is 2. The maximum absolute atomic E-state index is 10.6. The summed E-state index contributed by atoms with van der Waals surface area (Å²) >= 11 is 5.90. The predicted octanol–water partition coefficient (Wildman–Crippen LogP) is 5.99. The fourth-order valence-electron chi connectivity index (χ4n) is 5.15. The van der Waals surface area contributed by atoms with Crippen LogP contribution >= 0.6 is 12.2 Å². The maximum Gasteiger partial charge on any atom is 0.174 e. The van der Waals surface area contributed by atoms with Crippen LogP contribution in [0.1, 0.15) is 45.9 Å². The van der Waals surface area contributed by atoms with Gasteiger partial charge in [0.05, 0.1) is 23.5 Å². The molecule has 2 atom stereocenters. The molecule has 5 rings (SSSR count). The van der Waals surface area contributed by atoms with E-state index in [0.29, 0.717) is 5.11 Å². The quantitative estimate of drug-likeness (QED) is 0.361. The molecule has 1 aliphatic heterocycles. The van der Waals surface area contributed by atoms with Gasteiger partial charge in [-0.1, -0.05) is 24.3 Å². The molecule has 0 amide bonds. The molecule has 3 heterocycles. The number of aromatic hydroxyl groups is 1. The van der Waals surface area contributed by atoms with Crippen LogP contribution in [0.15, 0.2) is 72.9 Å². The Labute approximate surface area is 205 Å². The van der Waals surface area contributed by atoms with Crippen molar-refractivity contribution in [1.29, 1.82) is 0 Å². The summed E-state index contributed by atoms with van der Waals surface area (Å²) in [5.41, 5.74) is 8.40. The van der Waals surface area contributed by atoms with Crippen molar-refractivity contribution in [3.8, 4) is 11.4 Å². The van der Waals surface area contributed by atoms with Crippen molar-refractivity contribution in [2.24, 2.45) is 0 Å². The van der Waals surface area contributed by atoms with Gasteiger partial charge in [0.1, 0.15) is 5.75 Å². The topological polar surface area (TPSA) is 53.3 Å². The standard InChI is InChI=1S/C28H28N4OS/c1-17-13-18(2)15-21(14-17)32-27(26(30-28(32)34)23-9-7-8-12-29-23)22-16-19(3)31(20(22)4)24-10-5-6-11-25(24)33/h5-16,26-27,33H,1-4H3,(H,30,34). The summed E-state index contributed by atoms with van der Waals surface area (Å²) in [6.45, 7) is 8.39. The van der Waals surface area contributed by atoms with Crippen molar-refractivity contribution in [1.82, 2.24) is 14.9 Å². The first-order chi connectivity index (χ1) is 16.3. The molecule has 0 saturated carbocycles. The molecule has 0 spiro atoms. The molecule has 1 aliphatic rings. The first-order valence-electron chi connectivity index (χ1n) is 11.4. The zero-order valence-electron chi connectivity index (χ0n) is 19.8. The number of pyridine rings is 1. The highest BCUT2D eigenvalue weighted by atomic mass is 32.1. The van der Waals surface area contributed by atoms with Gasteiger partial charge < -0.3 is 19.9 Å². The molecule has 6 heteroatoms. The molecule has 4 aromatic rings. The average molecular weight is 469 g/mol. The average Bonchev–Trinajstić information content (AvgIpc) is 3.29. The Morgan fingerprint density at radius 2 is 1.62 bits per heavy atom. The van der Waals surface area contributed by atoms with Gasteiger partial charge in [0.25, 0.3) is 0 Å².